The second-order valence-corrected chi connectivity index (χ2v) is 7.52. The van der Waals surface area contributed by atoms with Gasteiger partial charge in [0.2, 0.25) is 0 Å². The van der Waals surface area contributed by atoms with Gasteiger partial charge in [0.25, 0.3) is 5.91 Å². The zero-order chi connectivity index (χ0) is 18.1. The number of hydrogen-bond acceptors (Lipinski definition) is 5. The van der Waals surface area contributed by atoms with Crippen molar-refractivity contribution < 1.29 is 4.79 Å². The van der Waals surface area contributed by atoms with E-state index in [2.05, 4.69) is 5.10 Å². The molecule has 0 atom stereocenters. The van der Waals surface area contributed by atoms with Gasteiger partial charge in [-0.1, -0.05) is 29.0 Å². The highest BCUT2D eigenvalue weighted by Gasteiger charge is 2.24. The number of thiazole rings is 1. The Morgan fingerprint density at radius 1 is 1.28 bits per heavy atom. The lowest BCUT2D eigenvalue weighted by molar-refractivity contribution is 0.0976. The number of hydrogen-bond donors (Lipinski definition) is 0. The van der Waals surface area contributed by atoms with E-state index in [4.69, 9.17) is 16.6 Å². The van der Waals surface area contributed by atoms with Crippen molar-refractivity contribution in [3.63, 3.8) is 0 Å². The highest BCUT2D eigenvalue weighted by atomic mass is 35.5. The van der Waals surface area contributed by atoms with Gasteiger partial charge in [0.05, 0.1) is 15.2 Å². The fourth-order valence-corrected chi connectivity index (χ4v) is 3.85. The summed E-state index contributed by atoms with van der Waals surface area (Å²) < 4.78 is 2.49. The van der Waals surface area contributed by atoms with E-state index in [1.54, 1.807) is 28.9 Å². The van der Waals surface area contributed by atoms with Crippen LogP contribution in [0.1, 0.15) is 16.1 Å². The van der Waals surface area contributed by atoms with E-state index in [0.29, 0.717) is 22.4 Å². The van der Waals surface area contributed by atoms with Gasteiger partial charge in [0, 0.05) is 26.3 Å². The van der Waals surface area contributed by atoms with Gasteiger partial charge in [0.15, 0.2) is 5.13 Å². The van der Waals surface area contributed by atoms with Crippen LogP contribution in [-0.4, -0.2) is 52.8 Å². The number of amides is 1. The predicted octanol–water partition coefficient (Wildman–Crippen LogP) is 3.20. The third-order valence-electron chi connectivity index (χ3n) is 3.97. The molecule has 0 saturated heterocycles. The van der Waals surface area contributed by atoms with Crippen LogP contribution in [0.15, 0.2) is 24.4 Å². The van der Waals surface area contributed by atoms with E-state index >= 15 is 0 Å². The quantitative estimate of drug-likeness (QED) is 0.685. The average molecular weight is 378 g/mol. The van der Waals surface area contributed by atoms with Gasteiger partial charge in [-0.05, 0) is 38.7 Å². The van der Waals surface area contributed by atoms with Crippen LogP contribution in [0.2, 0.25) is 5.02 Å². The second kappa shape index (κ2) is 7.11. The van der Waals surface area contributed by atoms with Crippen LogP contribution in [-0.2, 0) is 7.05 Å². The summed E-state index contributed by atoms with van der Waals surface area (Å²) in [5, 5.41) is 5.41. The number of aromatic nitrogens is 3. The number of likely N-dealkylation sites (N-methyl/N-ethyl adjacent to an activating group) is 1. The molecule has 0 aliphatic heterocycles. The number of fused-ring (bicyclic) bond motifs is 1. The van der Waals surface area contributed by atoms with Crippen LogP contribution in [0.25, 0.3) is 10.2 Å². The van der Waals surface area contributed by atoms with E-state index in [1.807, 2.05) is 38.1 Å². The Morgan fingerprint density at radius 3 is 2.64 bits per heavy atom. The van der Waals surface area contributed by atoms with Gasteiger partial charge in [-0.25, -0.2) is 4.98 Å². The van der Waals surface area contributed by atoms with Crippen molar-refractivity contribution in [2.24, 2.45) is 7.05 Å². The minimum Gasteiger partial charge on any atom is -0.308 e. The monoisotopic (exact) mass is 377 g/mol. The molecular formula is C17H20ClN5OS. The molecule has 2 aromatic heterocycles. The summed E-state index contributed by atoms with van der Waals surface area (Å²) in [4.78, 5) is 21.5. The molecule has 3 aromatic rings. The molecule has 1 aromatic carbocycles. The molecule has 1 amide bonds. The Bertz CT molecular complexity index is 878. The highest BCUT2D eigenvalue weighted by molar-refractivity contribution is 7.23. The van der Waals surface area contributed by atoms with E-state index < -0.39 is 0 Å². The number of halogens is 1. The molecule has 8 heteroatoms. The standard InChI is InChI=1S/C17H20ClN5OS/c1-11-5-6-12(18)15-14(11)20-17(25-15)23(10-9-21(2)3)16(24)13-7-8-19-22(13)4/h5-8H,9-10H2,1-4H3. The predicted molar refractivity (Wildman–Crippen MR) is 103 cm³/mol. The first kappa shape index (κ1) is 17.8. The van der Waals surface area contributed by atoms with Crippen LogP contribution in [0, 0.1) is 6.92 Å². The molecule has 0 aliphatic rings. The van der Waals surface area contributed by atoms with Gasteiger partial charge in [0.1, 0.15) is 5.69 Å². The molecule has 132 valence electrons. The van der Waals surface area contributed by atoms with E-state index in [1.165, 1.54) is 11.3 Å². The fraction of sp³-hybridized carbons (Fsp3) is 0.353. The van der Waals surface area contributed by atoms with Gasteiger partial charge >= 0.3 is 0 Å². The van der Waals surface area contributed by atoms with Crippen LogP contribution in [0.5, 0.6) is 0 Å². The lowest BCUT2D eigenvalue weighted by Gasteiger charge is -2.21. The van der Waals surface area contributed by atoms with Crippen molar-refractivity contribution in [3.05, 3.63) is 40.7 Å². The molecule has 2 heterocycles. The first-order valence-electron chi connectivity index (χ1n) is 7.88. The largest absolute Gasteiger partial charge is 0.308 e. The van der Waals surface area contributed by atoms with Crippen molar-refractivity contribution in [2.75, 3.05) is 32.1 Å². The first-order chi connectivity index (χ1) is 11.9. The number of carbonyl (C=O) groups is 1. The molecule has 6 nitrogen and oxygen atoms in total. The third kappa shape index (κ3) is 3.53. The van der Waals surface area contributed by atoms with Crippen LogP contribution < -0.4 is 4.90 Å². The highest BCUT2D eigenvalue weighted by Crippen LogP contribution is 2.36. The zero-order valence-corrected chi connectivity index (χ0v) is 16.2. The topological polar surface area (TPSA) is 54.3 Å². The Balaban J connectivity index is 2.05. The van der Waals surface area contributed by atoms with E-state index in [0.717, 1.165) is 22.3 Å². The SMILES string of the molecule is Cc1ccc(Cl)c2sc(N(CCN(C)C)C(=O)c3ccnn3C)nc12. The van der Waals surface area contributed by atoms with E-state index in [-0.39, 0.29) is 5.91 Å². The molecule has 0 radical (unpaired) electrons. The Hall–Kier alpha value is -1.96. The molecule has 25 heavy (non-hydrogen) atoms. The molecular weight excluding hydrogens is 358 g/mol. The Morgan fingerprint density at radius 2 is 2.04 bits per heavy atom. The molecule has 3 rings (SSSR count). The summed E-state index contributed by atoms with van der Waals surface area (Å²) in [5.74, 6) is -0.116. The van der Waals surface area contributed by atoms with E-state index in [9.17, 15) is 4.79 Å². The molecule has 0 fully saturated rings. The summed E-state index contributed by atoms with van der Waals surface area (Å²) in [5.41, 5.74) is 2.42. The second-order valence-electron chi connectivity index (χ2n) is 6.14. The Kier molecular flexibility index (Phi) is 5.08. The fourth-order valence-electron chi connectivity index (χ4n) is 2.51. The maximum absolute atomic E-state index is 13.1. The number of benzene rings is 1. The molecule has 0 unspecified atom stereocenters. The number of anilines is 1. The van der Waals surface area contributed by atoms with Gasteiger partial charge in [-0.2, -0.15) is 5.10 Å². The Labute approximate surface area is 155 Å². The van der Waals surface area contributed by atoms with Gasteiger partial charge in [-0.15, -0.1) is 0 Å². The first-order valence-corrected chi connectivity index (χ1v) is 9.08. The summed E-state index contributed by atoms with van der Waals surface area (Å²) in [6, 6.07) is 5.53. The number of rotatable bonds is 5. The van der Waals surface area contributed by atoms with Crippen LogP contribution >= 0.6 is 22.9 Å². The molecule has 0 N–H and O–H groups in total. The smallest absolute Gasteiger partial charge is 0.278 e. The maximum Gasteiger partial charge on any atom is 0.278 e. The third-order valence-corrected chi connectivity index (χ3v) is 5.51. The molecule has 0 aliphatic carbocycles. The van der Waals surface area contributed by atoms with Gasteiger partial charge < -0.3 is 4.90 Å². The lowest BCUT2D eigenvalue weighted by Crippen LogP contribution is -2.37. The number of aryl methyl sites for hydroxylation is 2. The lowest BCUT2D eigenvalue weighted by atomic mass is 10.2. The molecule has 0 bridgehead atoms. The van der Waals surface area contributed by atoms with Crippen LogP contribution in [0.3, 0.4) is 0 Å². The van der Waals surface area contributed by atoms with Crippen LogP contribution in [0.4, 0.5) is 5.13 Å². The van der Waals surface area contributed by atoms with Crippen molar-refractivity contribution >= 4 is 44.2 Å². The minimum absolute atomic E-state index is 0.116. The summed E-state index contributed by atoms with van der Waals surface area (Å²) in [6.45, 7) is 3.26. The van der Waals surface area contributed by atoms with Gasteiger partial charge in [-0.3, -0.25) is 14.4 Å². The minimum atomic E-state index is -0.116. The van der Waals surface area contributed by atoms with Crippen molar-refractivity contribution in [1.29, 1.82) is 0 Å². The summed E-state index contributed by atoms with van der Waals surface area (Å²) in [7, 11) is 5.72. The average Bonchev–Trinajstić information content (AvgIpc) is 3.18. The van der Waals surface area contributed by atoms with Crippen molar-refractivity contribution in [2.45, 2.75) is 6.92 Å². The number of nitrogens with zero attached hydrogens (tertiary/aromatic N) is 5. The normalized spacial score (nSPS) is 11.4. The molecule has 0 spiro atoms. The zero-order valence-electron chi connectivity index (χ0n) is 14.7. The van der Waals surface area contributed by atoms with Crippen molar-refractivity contribution in [3.8, 4) is 0 Å². The molecule has 0 saturated carbocycles. The number of carbonyl (C=O) groups excluding carboxylic acids is 1. The maximum atomic E-state index is 13.1. The summed E-state index contributed by atoms with van der Waals surface area (Å²) in [6.07, 6.45) is 1.62. The van der Waals surface area contributed by atoms with Crippen molar-refractivity contribution in [1.82, 2.24) is 19.7 Å². The summed E-state index contributed by atoms with van der Waals surface area (Å²) >= 11 is 7.77.